The van der Waals surface area contributed by atoms with E-state index in [0.29, 0.717) is 29.5 Å². The monoisotopic (exact) mass is 609 g/mol. The fraction of sp³-hybridized carbons (Fsp3) is 0.226. The van der Waals surface area contributed by atoms with Crippen molar-refractivity contribution < 1.29 is 27.4 Å². The fourth-order valence-corrected chi connectivity index (χ4v) is 5.34. The number of nitrogens with one attached hydrogen (secondary N) is 1. The van der Waals surface area contributed by atoms with Gasteiger partial charge in [0.15, 0.2) is 5.60 Å². The summed E-state index contributed by atoms with van der Waals surface area (Å²) >= 11 is 1.69. The molecule has 5 aromatic rings. The summed E-state index contributed by atoms with van der Waals surface area (Å²) in [5, 5.41) is 19.2. The zero-order valence-electron chi connectivity index (χ0n) is 23.2. The number of halogens is 4. The molecule has 1 unspecified atom stereocenters. The number of benzene rings is 2. The summed E-state index contributed by atoms with van der Waals surface area (Å²) in [6.07, 6.45) is 2.29. The Labute approximate surface area is 249 Å². The Morgan fingerprint density at radius 2 is 1.74 bits per heavy atom. The second-order valence-corrected chi connectivity index (χ2v) is 11.2. The van der Waals surface area contributed by atoms with E-state index in [1.54, 1.807) is 35.6 Å². The van der Waals surface area contributed by atoms with E-state index in [2.05, 4.69) is 43.5 Å². The average molecular weight is 610 g/mol. The summed E-state index contributed by atoms with van der Waals surface area (Å²) in [4.78, 5) is 7.20. The second-order valence-electron chi connectivity index (χ2n) is 10.2. The molecular weight excluding hydrogens is 582 g/mol. The van der Waals surface area contributed by atoms with Gasteiger partial charge in [0, 0.05) is 45.9 Å². The molecule has 0 spiro atoms. The number of H-pyrrole nitrogens is 1. The second kappa shape index (κ2) is 12.4. The van der Waals surface area contributed by atoms with Gasteiger partial charge in [-0.15, -0.1) is 16.4 Å². The van der Waals surface area contributed by atoms with Crippen LogP contribution in [-0.2, 0) is 31.2 Å². The molecule has 0 aliphatic carbocycles. The fourth-order valence-electron chi connectivity index (χ4n) is 4.35. The summed E-state index contributed by atoms with van der Waals surface area (Å²) in [6, 6.07) is 13.7. The van der Waals surface area contributed by atoms with Gasteiger partial charge in [0.05, 0.1) is 6.54 Å². The lowest BCUT2D eigenvalue weighted by molar-refractivity contribution is -0.208. The van der Waals surface area contributed by atoms with Crippen LogP contribution >= 0.6 is 11.3 Å². The number of pyridine rings is 1. The number of hydrogen-bond acceptors (Lipinski definition) is 6. The van der Waals surface area contributed by atoms with E-state index < -0.39 is 41.0 Å². The van der Waals surface area contributed by atoms with Crippen molar-refractivity contribution in [2.24, 2.45) is 0 Å². The molecule has 0 bridgehead atoms. The van der Waals surface area contributed by atoms with Crippen LogP contribution in [0.1, 0.15) is 32.8 Å². The van der Waals surface area contributed by atoms with Gasteiger partial charge in [0.2, 0.25) is 0 Å². The van der Waals surface area contributed by atoms with Crippen LogP contribution in [0, 0.1) is 23.5 Å². The van der Waals surface area contributed by atoms with E-state index in [9.17, 15) is 13.9 Å². The van der Waals surface area contributed by atoms with Crippen LogP contribution in [0.2, 0.25) is 0 Å². The third-order valence-electron chi connectivity index (χ3n) is 6.55. The molecule has 3 aromatic heterocycles. The molecule has 12 heteroatoms. The first-order valence-electron chi connectivity index (χ1n) is 13.1. The van der Waals surface area contributed by atoms with Crippen molar-refractivity contribution in [2.75, 3.05) is 14.1 Å². The van der Waals surface area contributed by atoms with E-state index in [0.717, 1.165) is 47.5 Å². The van der Waals surface area contributed by atoms with Gasteiger partial charge < -0.3 is 14.7 Å². The zero-order chi connectivity index (χ0) is 30.6. The van der Waals surface area contributed by atoms with Crippen molar-refractivity contribution in [3.05, 3.63) is 123 Å². The van der Waals surface area contributed by atoms with Gasteiger partial charge >= 0.3 is 5.92 Å². The van der Waals surface area contributed by atoms with Crippen molar-refractivity contribution in [1.82, 2.24) is 24.9 Å². The Balaban J connectivity index is 1.28. The quantitative estimate of drug-likeness (QED) is 0.158. The van der Waals surface area contributed by atoms with E-state index in [1.807, 2.05) is 14.1 Å². The van der Waals surface area contributed by atoms with Crippen LogP contribution in [0.25, 0.3) is 0 Å². The lowest BCUT2D eigenvalue weighted by Gasteiger charge is -2.36. The van der Waals surface area contributed by atoms with Gasteiger partial charge in [-0.1, -0.05) is 11.8 Å². The van der Waals surface area contributed by atoms with Crippen molar-refractivity contribution in [3.8, 4) is 17.6 Å². The molecule has 43 heavy (non-hydrogen) atoms. The maximum Gasteiger partial charge on any atom is 0.323 e. The van der Waals surface area contributed by atoms with Crippen molar-refractivity contribution in [2.45, 2.75) is 31.2 Å². The number of aliphatic hydroxyl groups is 1. The number of aromatic amines is 1. The van der Waals surface area contributed by atoms with E-state index in [-0.39, 0.29) is 0 Å². The maximum absolute atomic E-state index is 15.8. The normalized spacial score (nSPS) is 13.0. The van der Waals surface area contributed by atoms with E-state index in [1.165, 1.54) is 10.9 Å². The number of nitrogens with zero attached hydrogens (tertiary/aromatic N) is 4. The highest BCUT2D eigenvalue weighted by molar-refractivity contribution is 7.10. The standard InChI is InChI=1S/C31H27F4N5O2S/c1-39(2)16-26-13-23(18-43-26)17-42-25-9-5-21(6-10-25)3-4-22-7-12-29(36-15-22)31(34,35)30(41,19-40-20-37-38-40)27-11-8-24(32)14-28(27)33/h5-15,18,20,38,41H,16-17,19H2,1-2H3. The van der Waals surface area contributed by atoms with Gasteiger partial charge in [-0.05, 0) is 74.1 Å². The van der Waals surface area contributed by atoms with Crippen molar-refractivity contribution in [1.29, 1.82) is 0 Å². The van der Waals surface area contributed by atoms with E-state index in [4.69, 9.17) is 4.74 Å². The lowest BCUT2D eigenvalue weighted by atomic mass is 9.84. The molecule has 7 nitrogen and oxygen atoms in total. The van der Waals surface area contributed by atoms with Gasteiger partial charge in [-0.2, -0.15) is 8.78 Å². The summed E-state index contributed by atoms with van der Waals surface area (Å²) in [5.74, 6) is 0.132. The Morgan fingerprint density at radius 3 is 2.37 bits per heavy atom. The molecule has 0 fully saturated rings. The summed E-state index contributed by atoms with van der Waals surface area (Å²) in [7, 11) is 4.05. The molecule has 5 rings (SSSR count). The average Bonchev–Trinajstić information content (AvgIpc) is 3.40. The molecule has 2 aromatic carbocycles. The van der Waals surface area contributed by atoms with Gasteiger partial charge in [-0.25, -0.2) is 14.0 Å². The van der Waals surface area contributed by atoms with Crippen molar-refractivity contribution >= 4 is 11.3 Å². The van der Waals surface area contributed by atoms with Gasteiger partial charge in [0.1, 0.15) is 36.0 Å². The van der Waals surface area contributed by atoms with Crippen LogP contribution in [0.3, 0.4) is 0 Å². The SMILES string of the molecule is CN(C)Cc1cc(COc2ccc(C#Cc3ccc(C(F)(F)C(O)(Cn4cn[nH]4)c4ccc(F)cc4F)nc3)cc2)cs1. The molecule has 1 atom stereocenters. The number of ether oxygens (including phenoxy) is 1. The molecule has 0 saturated carbocycles. The number of thiophene rings is 1. The molecular formula is C31H27F4N5O2S. The third-order valence-corrected chi connectivity index (χ3v) is 7.53. The predicted molar refractivity (Wildman–Crippen MR) is 153 cm³/mol. The van der Waals surface area contributed by atoms with Crippen LogP contribution in [0.4, 0.5) is 17.6 Å². The van der Waals surface area contributed by atoms with Crippen LogP contribution in [-0.4, -0.2) is 44.1 Å². The molecule has 0 radical (unpaired) electrons. The smallest absolute Gasteiger partial charge is 0.323 e. The van der Waals surface area contributed by atoms with Crippen LogP contribution in [0.5, 0.6) is 5.75 Å². The number of rotatable bonds is 10. The third kappa shape index (κ3) is 6.80. The Hall–Kier alpha value is -4.44. The largest absolute Gasteiger partial charge is 0.489 e. The van der Waals surface area contributed by atoms with Crippen LogP contribution < -0.4 is 4.74 Å². The molecule has 0 aliphatic rings. The number of alkyl halides is 2. The first-order valence-corrected chi connectivity index (χ1v) is 13.9. The molecule has 0 amide bonds. The van der Waals surface area contributed by atoms with Gasteiger partial charge in [-0.3, -0.25) is 9.67 Å². The number of aromatic nitrogens is 4. The molecule has 0 saturated heterocycles. The topological polar surface area (TPSA) is 79.2 Å². The summed E-state index contributed by atoms with van der Waals surface area (Å²) in [6.45, 7) is 0.533. The highest BCUT2D eigenvalue weighted by atomic mass is 32.1. The molecule has 2 N–H and O–H groups in total. The van der Waals surface area contributed by atoms with E-state index >= 15 is 8.78 Å². The zero-order valence-corrected chi connectivity index (χ0v) is 24.0. The maximum atomic E-state index is 15.8. The predicted octanol–water partition coefficient (Wildman–Crippen LogP) is 5.67. The first-order chi connectivity index (χ1) is 20.5. The molecule has 3 heterocycles. The van der Waals surface area contributed by atoms with Crippen LogP contribution in [0.15, 0.2) is 78.6 Å². The Bertz CT molecular complexity index is 1730. The summed E-state index contributed by atoms with van der Waals surface area (Å²) in [5.41, 5.74) is -2.60. The Morgan fingerprint density at radius 1 is 1.02 bits per heavy atom. The Kier molecular flexibility index (Phi) is 8.68. The van der Waals surface area contributed by atoms with Gasteiger partial charge in [0.25, 0.3) is 0 Å². The molecule has 0 aliphatic heterocycles. The minimum atomic E-state index is -4.09. The highest BCUT2D eigenvalue weighted by Gasteiger charge is 2.57. The summed E-state index contributed by atoms with van der Waals surface area (Å²) < 4.78 is 66.7. The number of hydrogen-bond donors (Lipinski definition) is 2. The highest BCUT2D eigenvalue weighted by Crippen LogP contribution is 2.46. The minimum absolute atomic E-state index is 0.346. The minimum Gasteiger partial charge on any atom is -0.489 e. The van der Waals surface area contributed by atoms with Crippen molar-refractivity contribution in [3.63, 3.8) is 0 Å². The molecule has 222 valence electrons. The first kappa shape index (κ1) is 30.0. The lowest BCUT2D eigenvalue weighted by Crippen LogP contribution is -2.48.